The lowest BCUT2D eigenvalue weighted by molar-refractivity contribution is 0.128. The minimum Gasteiger partial charge on any atom is -0.316 e. The maximum Gasteiger partial charge on any atom is 0.00928 e. The average Bonchev–Trinajstić information content (AvgIpc) is 2.57. The van der Waals surface area contributed by atoms with Crippen LogP contribution < -0.4 is 5.32 Å². The third kappa shape index (κ3) is 4.11. The SMILES string of the molecule is CCC1CCCCCN1CC1(C)CCNC1.Cl. The van der Waals surface area contributed by atoms with Crippen molar-refractivity contribution in [3.05, 3.63) is 0 Å². The van der Waals surface area contributed by atoms with Gasteiger partial charge in [-0.2, -0.15) is 0 Å². The van der Waals surface area contributed by atoms with Crippen molar-refractivity contribution in [3.8, 4) is 0 Å². The van der Waals surface area contributed by atoms with Gasteiger partial charge in [-0.25, -0.2) is 0 Å². The molecule has 0 spiro atoms. The van der Waals surface area contributed by atoms with Crippen molar-refractivity contribution < 1.29 is 0 Å². The Balaban J connectivity index is 0.00000144. The summed E-state index contributed by atoms with van der Waals surface area (Å²) in [6.07, 6.45) is 8.44. The third-order valence-electron chi connectivity index (χ3n) is 4.51. The lowest BCUT2D eigenvalue weighted by Crippen LogP contribution is -2.43. The maximum absolute atomic E-state index is 3.52. The lowest BCUT2D eigenvalue weighted by atomic mass is 9.88. The first-order valence-corrected chi connectivity index (χ1v) is 7.18. The fourth-order valence-electron chi connectivity index (χ4n) is 3.40. The zero-order valence-corrected chi connectivity index (χ0v) is 12.3. The summed E-state index contributed by atoms with van der Waals surface area (Å²) in [5.41, 5.74) is 0.539. The van der Waals surface area contributed by atoms with Crippen LogP contribution in [-0.2, 0) is 0 Å². The van der Waals surface area contributed by atoms with Gasteiger partial charge in [-0.1, -0.05) is 26.7 Å². The van der Waals surface area contributed by atoms with E-state index in [1.807, 2.05) is 0 Å². The van der Waals surface area contributed by atoms with Crippen molar-refractivity contribution >= 4 is 12.4 Å². The largest absolute Gasteiger partial charge is 0.316 e. The molecule has 2 saturated heterocycles. The molecule has 3 heteroatoms. The molecule has 0 aromatic carbocycles. The van der Waals surface area contributed by atoms with Crippen LogP contribution in [-0.4, -0.2) is 37.1 Å². The van der Waals surface area contributed by atoms with Crippen molar-refractivity contribution in [1.29, 1.82) is 0 Å². The molecule has 2 unspecified atom stereocenters. The minimum atomic E-state index is 0. The molecule has 0 bridgehead atoms. The number of likely N-dealkylation sites (tertiary alicyclic amines) is 1. The monoisotopic (exact) mass is 260 g/mol. The molecule has 17 heavy (non-hydrogen) atoms. The highest BCUT2D eigenvalue weighted by molar-refractivity contribution is 5.85. The number of nitrogens with one attached hydrogen (secondary N) is 1. The molecule has 2 heterocycles. The van der Waals surface area contributed by atoms with E-state index in [9.17, 15) is 0 Å². The van der Waals surface area contributed by atoms with Crippen LogP contribution in [0.3, 0.4) is 0 Å². The van der Waals surface area contributed by atoms with Gasteiger partial charge in [0.25, 0.3) is 0 Å². The van der Waals surface area contributed by atoms with E-state index in [1.54, 1.807) is 0 Å². The smallest absolute Gasteiger partial charge is 0.00928 e. The van der Waals surface area contributed by atoms with Gasteiger partial charge in [0.2, 0.25) is 0 Å². The Hall–Kier alpha value is 0.210. The number of hydrogen-bond donors (Lipinski definition) is 1. The Bertz CT molecular complexity index is 214. The van der Waals surface area contributed by atoms with Gasteiger partial charge in [-0.05, 0) is 44.2 Å². The highest BCUT2D eigenvalue weighted by Crippen LogP contribution is 2.29. The van der Waals surface area contributed by atoms with Gasteiger partial charge in [0.05, 0.1) is 0 Å². The first-order valence-electron chi connectivity index (χ1n) is 7.18. The van der Waals surface area contributed by atoms with E-state index >= 15 is 0 Å². The van der Waals surface area contributed by atoms with Crippen LogP contribution in [0.4, 0.5) is 0 Å². The summed E-state index contributed by atoms with van der Waals surface area (Å²) < 4.78 is 0. The molecule has 0 aliphatic carbocycles. The number of rotatable bonds is 3. The normalized spacial score (nSPS) is 35.3. The Morgan fingerprint density at radius 1 is 1.29 bits per heavy atom. The third-order valence-corrected chi connectivity index (χ3v) is 4.51. The first kappa shape index (κ1) is 15.3. The van der Waals surface area contributed by atoms with Crippen molar-refractivity contribution in [3.63, 3.8) is 0 Å². The summed E-state index contributed by atoms with van der Waals surface area (Å²) in [5, 5.41) is 3.52. The molecule has 102 valence electrons. The summed E-state index contributed by atoms with van der Waals surface area (Å²) in [4.78, 5) is 2.79. The summed E-state index contributed by atoms with van der Waals surface area (Å²) in [6.45, 7) is 9.93. The second-order valence-corrected chi connectivity index (χ2v) is 6.12. The fraction of sp³-hybridized carbons (Fsp3) is 1.00. The Labute approximate surface area is 113 Å². The molecule has 1 N–H and O–H groups in total. The van der Waals surface area contributed by atoms with Crippen LogP contribution in [0.1, 0.15) is 52.4 Å². The Kier molecular flexibility index (Phi) is 6.25. The summed E-state index contributed by atoms with van der Waals surface area (Å²) in [7, 11) is 0. The lowest BCUT2D eigenvalue weighted by Gasteiger charge is -2.36. The summed E-state index contributed by atoms with van der Waals surface area (Å²) in [5.74, 6) is 0. The van der Waals surface area contributed by atoms with Gasteiger partial charge in [0.1, 0.15) is 0 Å². The second-order valence-electron chi connectivity index (χ2n) is 6.12. The van der Waals surface area contributed by atoms with Crippen molar-refractivity contribution in [2.75, 3.05) is 26.2 Å². The molecule has 2 atom stereocenters. The quantitative estimate of drug-likeness (QED) is 0.839. The molecule has 2 fully saturated rings. The van der Waals surface area contributed by atoms with E-state index in [4.69, 9.17) is 0 Å². The second kappa shape index (κ2) is 6.96. The Morgan fingerprint density at radius 3 is 2.76 bits per heavy atom. The van der Waals surface area contributed by atoms with E-state index in [0.717, 1.165) is 6.04 Å². The molecule has 0 radical (unpaired) electrons. The Morgan fingerprint density at radius 2 is 2.12 bits per heavy atom. The van der Waals surface area contributed by atoms with E-state index in [2.05, 4.69) is 24.1 Å². The first-order chi connectivity index (χ1) is 7.73. The van der Waals surface area contributed by atoms with Crippen LogP contribution in [0.25, 0.3) is 0 Å². The van der Waals surface area contributed by atoms with Gasteiger partial charge in [0.15, 0.2) is 0 Å². The highest BCUT2D eigenvalue weighted by Gasteiger charge is 2.32. The average molecular weight is 261 g/mol. The topological polar surface area (TPSA) is 15.3 Å². The molecular weight excluding hydrogens is 232 g/mol. The van der Waals surface area contributed by atoms with Crippen molar-refractivity contribution in [2.45, 2.75) is 58.4 Å². The van der Waals surface area contributed by atoms with E-state index in [-0.39, 0.29) is 12.4 Å². The number of hydrogen-bond acceptors (Lipinski definition) is 2. The minimum absolute atomic E-state index is 0. The van der Waals surface area contributed by atoms with Gasteiger partial charge >= 0.3 is 0 Å². The van der Waals surface area contributed by atoms with Crippen molar-refractivity contribution in [1.82, 2.24) is 10.2 Å². The van der Waals surface area contributed by atoms with Crippen LogP contribution in [0.2, 0.25) is 0 Å². The fourth-order valence-corrected chi connectivity index (χ4v) is 3.40. The van der Waals surface area contributed by atoms with Crippen molar-refractivity contribution in [2.24, 2.45) is 5.41 Å². The summed E-state index contributed by atoms with van der Waals surface area (Å²) >= 11 is 0. The van der Waals surface area contributed by atoms with Gasteiger partial charge in [-0.3, -0.25) is 4.90 Å². The van der Waals surface area contributed by atoms with Gasteiger partial charge in [-0.15, -0.1) is 12.4 Å². The highest BCUT2D eigenvalue weighted by atomic mass is 35.5. The molecule has 0 aromatic rings. The van der Waals surface area contributed by atoms with E-state index in [0.29, 0.717) is 5.41 Å². The molecular formula is C14H29ClN2. The van der Waals surface area contributed by atoms with Crippen LogP contribution in [0.5, 0.6) is 0 Å². The van der Waals surface area contributed by atoms with Crippen LogP contribution in [0, 0.1) is 5.41 Å². The molecule has 0 saturated carbocycles. The molecule has 0 aromatic heterocycles. The van der Waals surface area contributed by atoms with E-state index in [1.165, 1.54) is 64.7 Å². The number of halogens is 1. The molecule has 2 rings (SSSR count). The van der Waals surface area contributed by atoms with E-state index < -0.39 is 0 Å². The molecule has 2 aliphatic rings. The van der Waals surface area contributed by atoms with Gasteiger partial charge in [0, 0.05) is 19.1 Å². The number of nitrogens with zero attached hydrogens (tertiary/aromatic N) is 1. The summed E-state index contributed by atoms with van der Waals surface area (Å²) in [6, 6.07) is 0.861. The molecule has 0 amide bonds. The maximum atomic E-state index is 3.52. The molecule has 2 aliphatic heterocycles. The van der Waals surface area contributed by atoms with Gasteiger partial charge < -0.3 is 5.32 Å². The standard InChI is InChI=1S/C14H28N2.ClH/c1-3-13-7-5-4-6-10-16(13)12-14(2)8-9-15-11-14;/h13,15H,3-12H2,1-2H3;1H. The zero-order chi connectivity index (χ0) is 11.4. The zero-order valence-electron chi connectivity index (χ0n) is 11.5. The predicted molar refractivity (Wildman–Crippen MR) is 77.0 cm³/mol. The predicted octanol–water partition coefficient (Wildman–Crippen LogP) is 3.06. The van der Waals surface area contributed by atoms with Crippen LogP contribution in [0.15, 0.2) is 0 Å². The van der Waals surface area contributed by atoms with Crippen LogP contribution >= 0.6 is 12.4 Å². The molecule has 2 nitrogen and oxygen atoms in total.